The Morgan fingerprint density at radius 2 is 2.12 bits per heavy atom. The standard InChI is InChI=1S/C18H20N2O3S/c1-11-6-7-15(18(22)23)9-20(11)17(21)14-5-3-4-13(8-14)16-10-24-12(2)19-16/h3-5,8,10-11,15H,6-7,9H2,1-2H3,(H,22,23). The fraction of sp³-hybridized carbons (Fsp3) is 0.389. The highest BCUT2D eigenvalue weighted by Gasteiger charge is 2.33. The zero-order valence-corrected chi connectivity index (χ0v) is 14.5. The molecule has 1 aliphatic heterocycles. The molecule has 1 aromatic carbocycles. The molecule has 1 amide bonds. The van der Waals surface area contributed by atoms with E-state index in [4.69, 9.17) is 0 Å². The van der Waals surface area contributed by atoms with Gasteiger partial charge in [-0.3, -0.25) is 9.59 Å². The van der Waals surface area contributed by atoms with E-state index in [2.05, 4.69) is 4.98 Å². The number of hydrogen-bond donors (Lipinski definition) is 1. The van der Waals surface area contributed by atoms with Crippen LogP contribution < -0.4 is 0 Å². The van der Waals surface area contributed by atoms with Crippen LogP contribution in [0.2, 0.25) is 0 Å². The van der Waals surface area contributed by atoms with Gasteiger partial charge in [-0.25, -0.2) is 4.98 Å². The summed E-state index contributed by atoms with van der Waals surface area (Å²) in [5, 5.41) is 12.2. The number of aryl methyl sites for hydroxylation is 1. The van der Waals surface area contributed by atoms with Crippen LogP contribution in [0.1, 0.15) is 35.1 Å². The first-order valence-corrected chi connectivity index (χ1v) is 8.90. The predicted molar refractivity (Wildman–Crippen MR) is 93.1 cm³/mol. The van der Waals surface area contributed by atoms with Gasteiger partial charge in [0.05, 0.1) is 16.6 Å². The number of carboxylic acids is 1. The predicted octanol–water partition coefficient (Wildman–Crippen LogP) is 3.44. The van der Waals surface area contributed by atoms with E-state index in [0.717, 1.165) is 16.3 Å². The van der Waals surface area contributed by atoms with Gasteiger partial charge < -0.3 is 10.0 Å². The normalized spacial score (nSPS) is 20.8. The molecule has 0 saturated carbocycles. The third-order valence-electron chi connectivity index (χ3n) is 4.52. The number of likely N-dealkylation sites (tertiary alicyclic amines) is 1. The SMILES string of the molecule is Cc1nc(-c2cccc(C(=O)N3CC(C(=O)O)CCC3C)c2)cs1. The molecular weight excluding hydrogens is 324 g/mol. The van der Waals surface area contributed by atoms with E-state index in [1.807, 2.05) is 37.4 Å². The molecule has 2 unspecified atom stereocenters. The molecule has 5 nitrogen and oxygen atoms in total. The van der Waals surface area contributed by atoms with Gasteiger partial charge in [-0.1, -0.05) is 12.1 Å². The molecule has 1 fully saturated rings. The summed E-state index contributed by atoms with van der Waals surface area (Å²) in [5.41, 5.74) is 2.35. The van der Waals surface area contributed by atoms with Crippen molar-refractivity contribution in [3.8, 4) is 11.3 Å². The van der Waals surface area contributed by atoms with Gasteiger partial charge in [0.2, 0.25) is 0 Å². The van der Waals surface area contributed by atoms with Crippen LogP contribution >= 0.6 is 11.3 Å². The molecule has 3 rings (SSSR count). The maximum Gasteiger partial charge on any atom is 0.308 e. The van der Waals surface area contributed by atoms with Crippen LogP contribution in [-0.2, 0) is 4.79 Å². The van der Waals surface area contributed by atoms with E-state index in [9.17, 15) is 14.7 Å². The molecular formula is C18H20N2O3S. The number of aromatic nitrogens is 1. The molecule has 1 aromatic heterocycles. The fourth-order valence-electron chi connectivity index (χ4n) is 3.06. The van der Waals surface area contributed by atoms with E-state index < -0.39 is 11.9 Å². The number of rotatable bonds is 3. The first-order valence-electron chi connectivity index (χ1n) is 8.02. The largest absolute Gasteiger partial charge is 0.481 e. The average molecular weight is 344 g/mol. The van der Waals surface area contributed by atoms with Gasteiger partial charge >= 0.3 is 5.97 Å². The van der Waals surface area contributed by atoms with Crippen molar-refractivity contribution in [2.45, 2.75) is 32.7 Å². The Morgan fingerprint density at radius 3 is 2.79 bits per heavy atom. The lowest BCUT2D eigenvalue weighted by molar-refractivity contribution is -0.143. The molecule has 1 N–H and O–H groups in total. The number of carbonyl (C=O) groups excluding carboxylic acids is 1. The lowest BCUT2D eigenvalue weighted by Gasteiger charge is -2.36. The summed E-state index contributed by atoms with van der Waals surface area (Å²) in [7, 11) is 0. The Bertz CT molecular complexity index is 771. The minimum absolute atomic E-state index is 0.0540. The Hall–Kier alpha value is -2.21. The van der Waals surface area contributed by atoms with Crippen LogP contribution in [0.3, 0.4) is 0 Å². The van der Waals surface area contributed by atoms with Crippen LogP contribution in [0, 0.1) is 12.8 Å². The number of benzene rings is 1. The van der Waals surface area contributed by atoms with Gasteiger partial charge in [0, 0.05) is 29.1 Å². The molecule has 6 heteroatoms. The molecule has 2 heterocycles. The van der Waals surface area contributed by atoms with Crippen LogP contribution in [0.25, 0.3) is 11.3 Å². The molecule has 2 atom stereocenters. The zero-order chi connectivity index (χ0) is 17.3. The summed E-state index contributed by atoms with van der Waals surface area (Å²) in [5.74, 6) is -1.41. The lowest BCUT2D eigenvalue weighted by Crippen LogP contribution is -2.47. The molecule has 0 bridgehead atoms. The number of thiazole rings is 1. The van der Waals surface area contributed by atoms with Crippen molar-refractivity contribution in [3.05, 3.63) is 40.2 Å². The number of carboxylic acid groups (broad SMARTS) is 1. The Labute approximate surface area is 145 Å². The van der Waals surface area contributed by atoms with Crippen molar-refractivity contribution >= 4 is 23.2 Å². The van der Waals surface area contributed by atoms with E-state index in [1.54, 1.807) is 22.3 Å². The maximum atomic E-state index is 12.9. The highest BCUT2D eigenvalue weighted by molar-refractivity contribution is 7.09. The molecule has 126 valence electrons. The first-order chi connectivity index (χ1) is 11.5. The quantitative estimate of drug-likeness (QED) is 0.926. The summed E-state index contributed by atoms with van der Waals surface area (Å²) in [6.07, 6.45) is 1.34. The third kappa shape index (κ3) is 3.33. The second-order valence-corrected chi connectivity index (χ2v) is 7.31. The molecule has 0 aliphatic carbocycles. The van der Waals surface area contributed by atoms with Crippen molar-refractivity contribution < 1.29 is 14.7 Å². The number of amides is 1. The smallest absolute Gasteiger partial charge is 0.308 e. The summed E-state index contributed by atoms with van der Waals surface area (Å²) in [6, 6.07) is 7.46. The van der Waals surface area contributed by atoms with Crippen LogP contribution in [0.4, 0.5) is 0 Å². The number of hydrogen-bond acceptors (Lipinski definition) is 4. The molecule has 24 heavy (non-hydrogen) atoms. The van der Waals surface area contributed by atoms with E-state index in [1.165, 1.54) is 0 Å². The zero-order valence-electron chi connectivity index (χ0n) is 13.7. The number of aliphatic carboxylic acids is 1. The Kier molecular flexibility index (Phi) is 4.66. The number of piperidine rings is 1. The summed E-state index contributed by atoms with van der Waals surface area (Å²) in [4.78, 5) is 30.3. The van der Waals surface area contributed by atoms with Gasteiger partial charge in [-0.2, -0.15) is 0 Å². The maximum absolute atomic E-state index is 12.9. The minimum atomic E-state index is -0.827. The summed E-state index contributed by atoms with van der Waals surface area (Å²) < 4.78 is 0. The monoisotopic (exact) mass is 344 g/mol. The van der Waals surface area contributed by atoms with Crippen molar-refractivity contribution in [1.29, 1.82) is 0 Å². The van der Waals surface area contributed by atoms with Crippen molar-refractivity contribution in [3.63, 3.8) is 0 Å². The summed E-state index contributed by atoms with van der Waals surface area (Å²) >= 11 is 1.57. The highest BCUT2D eigenvalue weighted by atomic mass is 32.1. The van der Waals surface area contributed by atoms with Gasteiger partial charge in [0.15, 0.2) is 0 Å². The van der Waals surface area contributed by atoms with Gasteiger partial charge in [-0.15, -0.1) is 11.3 Å². The van der Waals surface area contributed by atoms with E-state index in [0.29, 0.717) is 18.4 Å². The van der Waals surface area contributed by atoms with Crippen molar-refractivity contribution in [2.24, 2.45) is 5.92 Å². The van der Waals surface area contributed by atoms with Crippen LogP contribution in [0.5, 0.6) is 0 Å². The fourth-order valence-corrected chi connectivity index (χ4v) is 3.69. The van der Waals surface area contributed by atoms with Crippen LogP contribution in [-0.4, -0.2) is 39.5 Å². The Balaban J connectivity index is 1.85. The van der Waals surface area contributed by atoms with Gasteiger partial charge in [-0.05, 0) is 38.8 Å². The van der Waals surface area contributed by atoms with E-state index >= 15 is 0 Å². The first kappa shape index (κ1) is 16.6. The van der Waals surface area contributed by atoms with Crippen molar-refractivity contribution in [1.82, 2.24) is 9.88 Å². The van der Waals surface area contributed by atoms with Crippen LogP contribution in [0.15, 0.2) is 29.6 Å². The third-order valence-corrected chi connectivity index (χ3v) is 5.29. The molecule has 2 aromatic rings. The highest BCUT2D eigenvalue weighted by Crippen LogP contribution is 2.26. The molecule has 1 aliphatic rings. The number of carbonyl (C=O) groups is 2. The lowest BCUT2D eigenvalue weighted by atomic mass is 9.92. The van der Waals surface area contributed by atoms with E-state index in [-0.39, 0.29) is 18.5 Å². The topological polar surface area (TPSA) is 70.5 Å². The molecule has 0 radical (unpaired) electrons. The van der Waals surface area contributed by atoms with Gasteiger partial charge in [0.25, 0.3) is 5.91 Å². The summed E-state index contributed by atoms with van der Waals surface area (Å²) in [6.45, 7) is 4.20. The second-order valence-electron chi connectivity index (χ2n) is 6.25. The molecule has 1 saturated heterocycles. The van der Waals surface area contributed by atoms with Crippen molar-refractivity contribution in [2.75, 3.05) is 6.54 Å². The Morgan fingerprint density at radius 1 is 1.33 bits per heavy atom. The number of nitrogens with zero attached hydrogens (tertiary/aromatic N) is 2. The average Bonchev–Trinajstić information content (AvgIpc) is 3.01. The molecule has 0 spiro atoms. The van der Waals surface area contributed by atoms with Gasteiger partial charge in [0.1, 0.15) is 0 Å². The second kappa shape index (κ2) is 6.73. The minimum Gasteiger partial charge on any atom is -0.481 e.